The molecule has 0 heterocycles. The third-order valence-corrected chi connectivity index (χ3v) is 3.35. The molecule has 0 atom stereocenters. The molecule has 0 fully saturated rings. The minimum atomic E-state index is -0.426. The van der Waals surface area contributed by atoms with Crippen molar-refractivity contribution in [3.8, 4) is 0 Å². The van der Waals surface area contributed by atoms with E-state index in [1.807, 2.05) is 0 Å². The molecule has 0 aliphatic rings. The molecule has 0 rings (SSSR count). The molecule has 0 aromatic heterocycles. The van der Waals surface area contributed by atoms with Gasteiger partial charge in [-0.05, 0) is 26.3 Å². The van der Waals surface area contributed by atoms with E-state index in [2.05, 4.69) is 0 Å². The summed E-state index contributed by atoms with van der Waals surface area (Å²) >= 11 is 0. The van der Waals surface area contributed by atoms with E-state index in [9.17, 15) is 4.79 Å². The number of hydrogen-bond acceptors (Lipinski definition) is 4. The van der Waals surface area contributed by atoms with Gasteiger partial charge >= 0.3 is 5.97 Å². The molecule has 0 spiro atoms. The molecule has 0 aromatic carbocycles. The quantitative estimate of drug-likeness (QED) is 0.233. The van der Waals surface area contributed by atoms with Crippen LogP contribution in [0, 0.1) is 0 Å². The van der Waals surface area contributed by atoms with Crippen LogP contribution in [0.25, 0.3) is 0 Å². The van der Waals surface area contributed by atoms with Crippen LogP contribution in [-0.2, 0) is 9.53 Å². The van der Waals surface area contributed by atoms with Gasteiger partial charge in [0.2, 0.25) is 0 Å². The lowest BCUT2D eigenvalue weighted by atomic mass is 10.1. The van der Waals surface area contributed by atoms with Gasteiger partial charge in [-0.3, -0.25) is 0 Å². The lowest BCUT2D eigenvalue weighted by Crippen LogP contribution is -2.07. The third kappa shape index (κ3) is 12.0. The molecule has 0 aromatic rings. The first kappa shape index (κ1) is 19.0. The minimum Gasteiger partial charge on any atom is -0.515 e. The molecule has 0 aliphatic heterocycles. The average Bonchev–Trinajstić information content (AvgIpc) is 2.47. The van der Waals surface area contributed by atoms with Crippen molar-refractivity contribution in [2.75, 3.05) is 13.2 Å². The van der Waals surface area contributed by atoms with Gasteiger partial charge in [0, 0.05) is 0 Å². The highest BCUT2D eigenvalue weighted by atomic mass is 16.5. The summed E-state index contributed by atoms with van der Waals surface area (Å²) in [6.07, 6.45) is 12.9. The van der Waals surface area contributed by atoms with Crippen molar-refractivity contribution in [3.63, 3.8) is 0 Å². The summed E-state index contributed by atoms with van der Waals surface area (Å²) in [5.41, 5.74) is 5.69. The van der Waals surface area contributed by atoms with E-state index in [4.69, 9.17) is 15.6 Å². The molecule has 118 valence electrons. The number of carbonyl (C=O) groups is 1. The zero-order valence-corrected chi connectivity index (χ0v) is 12.9. The molecule has 4 heteroatoms. The number of aliphatic hydroxyl groups excluding tert-OH is 1. The van der Waals surface area contributed by atoms with E-state index in [1.165, 1.54) is 51.9 Å². The van der Waals surface area contributed by atoms with Crippen LogP contribution < -0.4 is 5.73 Å². The predicted octanol–water partition coefficient (Wildman–Crippen LogP) is 3.85. The van der Waals surface area contributed by atoms with Crippen LogP contribution in [0.15, 0.2) is 11.8 Å². The largest absolute Gasteiger partial charge is 0.515 e. The van der Waals surface area contributed by atoms with Gasteiger partial charge in [-0.25, -0.2) is 4.79 Å². The normalized spacial score (nSPS) is 11.6. The van der Waals surface area contributed by atoms with Gasteiger partial charge in [0.05, 0.1) is 18.4 Å². The van der Waals surface area contributed by atoms with Crippen molar-refractivity contribution >= 4 is 5.97 Å². The molecular weight excluding hydrogens is 254 g/mol. The first-order chi connectivity index (χ1) is 9.72. The zero-order chi connectivity index (χ0) is 15.1. The fourth-order valence-corrected chi connectivity index (χ4v) is 1.99. The van der Waals surface area contributed by atoms with Crippen molar-refractivity contribution in [3.05, 3.63) is 11.8 Å². The Morgan fingerprint density at radius 3 is 1.85 bits per heavy atom. The minimum absolute atomic E-state index is 0.250. The van der Waals surface area contributed by atoms with Gasteiger partial charge in [-0.1, -0.05) is 51.4 Å². The second kappa shape index (κ2) is 14.4. The van der Waals surface area contributed by atoms with Crippen LogP contribution in [0.4, 0.5) is 0 Å². The van der Waals surface area contributed by atoms with Crippen molar-refractivity contribution in [1.29, 1.82) is 0 Å². The van der Waals surface area contributed by atoms with Gasteiger partial charge in [0.1, 0.15) is 0 Å². The fraction of sp³-hybridized carbons (Fsp3) is 0.812. The lowest BCUT2D eigenvalue weighted by molar-refractivity contribution is -0.139. The maximum Gasteiger partial charge on any atom is 0.336 e. The summed E-state index contributed by atoms with van der Waals surface area (Å²) in [4.78, 5) is 11.2. The van der Waals surface area contributed by atoms with Crippen molar-refractivity contribution in [2.24, 2.45) is 5.73 Å². The van der Waals surface area contributed by atoms with Crippen molar-refractivity contribution in [2.45, 2.75) is 71.1 Å². The number of unbranched alkanes of at least 4 members (excludes halogenated alkanes) is 9. The van der Waals surface area contributed by atoms with Crippen LogP contribution in [0.3, 0.4) is 0 Å². The summed E-state index contributed by atoms with van der Waals surface area (Å²) in [5, 5.41) is 8.63. The second-order valence-corrected chi connectivity index (χ2v) is 5.27. The first-order valence-corrected chi connectivity index (χ1v) is 7.90. The van der Waals surface area contributed by atoms with Gasteiger partial charge in [0.15, 0.2) is 0 Å². The molecular formula is C16H31NO3. The SMILES string of the molecule is CC(=CO)C(=O)OCCCCCCCCCCCCN. The molecule has 0 radical (unpaired) electrons. The Bertz CT molecular complexity index is 264. The average molecular weight is 285 g/mol. The number of nitrogens with two attached hydrogens (primary N) is 1. The second-order valence-electron chi connectivity index (χ2n) is 5.27. The Kier molecular flexibility index (Phi) is 13.6. The highest BCUT2D eigenvalue weighted by Crippen LogP contribution is 2.10. The topological polar surface area (TPSA) is 72.5 Å². The van der Waals surface area contributed by atoms with Crippen LogP contribution in [-0.4, -0.2) is 24.2 Å². The number of rotatable bonds is 13. The molecule has 0 saturated heterocycles. The molecule has 20 heavy (non-hydrogen) atoms. The van der Waals surface area contributed by atoms with E-state index in [-0.39, 0.29) is 5.57 Å². The molecule has 4 nitrogen and oxygen atoms in total. The Balaban J connectivity index is 3.15. The molecule has 0 amide bonds. The maximum atomic E-state index is 11.2. The summed E-state index contributed by atoms with van der Waals surface area (Å²) in [6, 6.07) is 0. The molecule has 0 aliphatic carbocycles. The van der Waals surface area contributed by atoms with Crippen LogP contribution in [0.2, 0.25) is 0 Å². The van der Waals surface area contributed by atoms with Gasteiger partial charge in [-0.2, -0.15) is 0 Å². The molecule has 3 N–H and O–H groups in total. The van der Waals surface area contributed by atoms with Gasteiger partial charge in [-0.15, -0.1) is 0 Å². The van der Waals surface area contributed by atoms with E-state index in [0.29, 0.717) is 6.61 Å². The third-order valence-electron chi connectivity index (χ3n) is 3.35. The Hall–Kier alpha value is -1.03. The summed E-state index contributed by atoms with van der Waals surface area (Å²) < 4.78 is 5.00. The smallest absolute Gasteiger partial charge is 0.336 e. The number of ether oxygens (including phenoxy) is 1. The number of carbonyl (C=O) groups excluding carboxylic acids is 1. The first-order valence-electron chi connectivity index (χ1n) is 7.90. The number of esters is 1. The number of hydrogen-bond donors (Lipinski definition) is 2. The molecule has 0 unspecified atom stereocenters. The van der Waals surface area contributed by atoms with Gasteiger partial charge < -0.3 is 15.6 Å². The summed E-state index contributed by atoms with van der Waals surface area (Å²) in [5.74, 6) is -0.426. The van der Waals surface area contributed by atoms with Crippen LogP contribution >= 0.6 is 0 Å². The Labute approximate surface area is 123 Å². The summed E-state index contributed by atoms with van der Waals surface area (Å²) in [7, 11) is 0. The maximum absolute atomic E-state index is 11.2. The van der Waals surface area contributed by atoms with Crippen LogP contribution in [0.5, 0.6) is 0 Å². The Morgan fingerprint density at radius 1 is 0.950 bits per heavy atom. The van der Waals surface area contributed by atoms with E-state index in [0.717, 1.165) is 32.1 Å². The zero-order valence-electron chi connectivity index (χ0n) is 12.9. The summed E-state index contributed by atoms with van der Waals surface area (Å²) in [6.45, 7) is 2.80. The van der Waals surface area contributed by atoms with E-state index < -0.39 is 5.97 Å². The van der Waals surface area contributed by atoms with Crippen molar-refractivity contribution < 1.29 is 14.6 Å². The lowest BCUT2D eigenvalue weighted by Gasteiger charge is -2.04. The standard InChI is InChI=1S/C16H31NO3/c1-15(14-18)16(19)20-13-11-9-7-5-3-2-4-6-8-10-12-17/h14,18H,2-13,17H2,1H3. The molecule has 0 saturated carbocycles. The predicted molar refractivity (Wildman–Crippen MR) is 82.6 cm³/mol. The van der Waals surface area contributed by atoms with Crippen molar-refractivity contribution in [1.82, 2.24) is 0 Å². The number of aliphatic hydroxyl groups is 1. The van der Waals surface area contributed by atoms with E-state index in [1.54, 1.807) is 0 Å². The highest BCUT2D eigenvalue weighted by Gasteiger charge is 2.04. The fourth-order valence-electron chi connectivity index (χ4n) is 1.99. The monoisotopic (exact) mass is 285 g/mol. The highest BCUT2D eigenvalue weighted by molar-refractivity contribution is 5.87. The molecule has 0 bridgehead atoms. The van der Waals surface area contributed by atoms with Crippen LogP contribution in [0.1, 0.15) is 71.1 Å². The van der Waals surface area contributed by atoms with E-state index >= 15 is 0 Å². The van der Waals surface area contributed by atoms with Gasteiger partial charge in [0.25, 0.3) is 0 Å². The Morgan fingerprint density at radius 2 is 1.40 bits per heavy atom.